The van der Waals surface area contributed by atoms with E-state index in [0.717, 1.165) is 0 Å². The Bertz CT molecular complexity index is 786. The molecule has 0 aromatic rings. The molecule has 0 aliphatic rings. The molecular formula is C18H31N7O8. The lowest BCUT2D eigenvalue weighted by Gasteiger charge is -2.25. The molecular weight excluding hydrogens is 442 g/mol. The van der Waals surface area contributed by atoms with E-state index >= 15 is 0 Å². The summed E-state index contributed by atoms with van der Waals surface area (Å²) in [5.41, 5.74) is 20.6. The number of amides is 6. The monoisotopic (exact) mass is 473 g/mol. The van der Waals surface area contributed by atoms with Crippen molar-refractivity contribution >= 4 is 41.4 Å². The number of hydrogen-bond acceptors (Lipinski definition) is 8. The Hall–Kier alpha value is -3.75. The van der Waals surface area contributed by atoms with Crippen LogP contribution in [0.1, 0.15) is 39.5 Å². The van der Waals surface area contributed by atoms with E-state index in [9.17, 15) is 33.6 Å². The van der Waals surface area contributed by atoms with Gasteiger partial charge in [-0.3, -0.25) is 28.8 Å². The number of carbonyl (C=O) groups excluding carboxylic acids is 6. The van der Waals surface area contributed by atoms with Crippen molar-refractivity contribution < 1.29 is 38.7 Å². The van der Waals surface area contributed by atoms with Crippen molar-refractivity contribution in [2.75, 3.05) is 0 Å². The molecule has 0 rings (SSSR count). The summed E-state index contributed by atoms with van der Waals surface area (Å²) in [7, 11) is 0. The zero-order valence-electron chi connectivity index (χ0n) is 18.3. The molecule has 0 aliphatic carbocycles. The Balaban J connectivity index is 5.56. The first kappa shape index (κ1) is 29.2. The summed E-state index contributed by atoms with van der Waals surface area (Å²) in [6, 6.07) is -5.86. The summed E-state index contributed by atoms with van der Waals surface area (Å²) in [6.45, 7) is 3.44. The van der Waals surface area contributed by atoms with Crippen LogP contribution in [0, 0.1) is 5.92 Å². The van der Waals surface area contributed by atoms with Gasteiger partial charge in [0.15, 0.2) is 0 Å². The van der Waals surface area contributed by atoms with E-state index in [2.05, 4.69) is 16.0 Å². The fourth-order valence-electron chi connectivity index (χ4n) is 2.65. The van der Waals surface area contributed by atoms with Crippen LogP contribution in [0.25, 0.3) is 0 Å². The first-order valence-corrected chi connectivity index (χ1v) is 9.88. The van der Waals surface area contributed by atoms with Gasteiger partial charge in [0, 0.05) is 0 Å². The number of carboxylic acid groups (broad SMARTS) is 1. The number of rotatable bonds is 15. The van der Waals surface area contributed by atoms with Crippen molar-refractivity contribution in [3.05, 3.63) is 0 Å². The maximum atomic E-state index is 12.7. The van der Waals surface area contributed by atoms with E-state index < -0.39 is 84.8 Å². The Morgan fingerprint density at radius 3 is 1.48 bits per heavy atom. The van der Waals surface area contributed by atoms with Crippen LogP contribution >= 0.6 is 0 Å². The van der Waals surface area contributed by atoms with Crippen molar-refractivity contribution in [1.29, 1.82) is 0 Å². The second-order valence-electron chi connectivity index (χ2n) is 7.77. The lowest BCUT2D eigenvalue weighted by Crippen LogP contribution is -2.58. The van der Waals surface area contributed by atoms with E-state index in [1.54, 1.807) is 13.8 Å². The van der Waals surface area contributed by atoms with Gasteiger partial charge in [-0.2, -0.15) is 0 Å². The van der Waals surface area contributed by atoms with Crippen molar-refractivity contribution in [2.24, 2.45) is 28.9 Å². The summed E-state index contributed by atoms with van der Waals surface area (Å²) in [4.78, 5) is 82.1. The fraction of sp³-hybridized carbons (Fsp3) is 0.611. The summed E-state index contributed by atoms with van der Waals surface area (Å²) in [5, 5.41) is 15.8. The molecule has 6 amide bonds. The molecule has 0 spiro atoms. The average molecular weight is 473 g/mol. The largest absolute Gasteiger partial charge is 0.480 e. The minimum Gasteiger partial charge on any atom is -0.480 e. The Morgan fingerprint density at radius 2 is 1.06 bits per heavy atom. The van der Waals surface area contributed by atoms with Gasteiger partial charge in [-0.15, -0.1) is 0 Å². The van der Waals surface area contributed by atoms with Crippen molar-refractivity contribution in [2.45, 2.75) is 63.7 Å². The Morgan fingerprint density at radius 1 is 0.667 bits per heavy atom. The highest BCUT2D eigenvalue weighted by molar-refractivity contribution is 5.97. The van der Waals surface area contributed by atoms with Gasteiger partial charge in [-0.1, -0.05) is 13.8 Å². The Kier molecular flexibility index (Phi) is 12.1. The molecule has 0 fully saturated rings. The van der Waals surface area contributed by atoms with E-state index in [1.165, 1.54) is 0 Å². The van der Waals surface area contributed by atoms with Crippen LogP contribution in [-0.4, -0.2) is 70.7 Å². The highest BCUT2D eigenvalue weighted by atomic mass is 16.4. The predicted molar refractivity (Wildman–Crippen MR) is 112 cm³/mol. The number of aliphatic carboxylic acids is 1. The fourth-order valence-corrected chi connectivity index (χ4v) is 2.65. The lowest BCUT2D eigenvalue weighted by molar-refractivity contribution is -0.144. The summed E-state index contributed by atoms with van der Waals surface area (Å²) >= 11 is 0. The minimum atomic E-state index is -1.63. The van der Waals surface area contributed by atoms with Gasteiger partial charge >= 0.3 is 5.97 Å². The van der Waals surface area contributed by atoms with Gasteiger partial charge in [0.25, 0.3) is 0 Å². The van der Waals surface area contributed by atoms with Crippen LogP contribution in [0.5, 0.6) is 0 Å². The third-order valence-corrected chi connectivity index (χ3v) is 4.16. The maximum absolute atomic E-state index is 12.7. The Labute approximate surface area is 189 Å². The number of carbonyl (C=O) groups is 7. The summed E-state index contributed by atoms with van der Waals surface area (Å²) < 4.78 is 0. The smallest absolute Gasteiger partial charge is 0.326 e. The molecule has 33 heavy (non-hydrogen) atoms. The highest BCUT2D eigenvalue weighted by Crippen LogP contribution is 2.07. The molecule has 15 nitrogen and oxygen atoms in total. The maximum Gasteiger partial charge on any atom is 0.326 e. The van der Waals surface area contributed by atoms with Crippen LogP contribution in [0.4, 0.5) is 0 Å². The third-order valence-electron chi connectivity index (χ3n) is 4.16. The summed E-state index contributed by atoms with van der Waals surface area (Å²) in [6.07, 6.45) is -1.82. The first-order valence-electron chi connectivity index (χ1n) is 9.88. The van der Waals surface area contributed by atoms with Gasteiger partial charge < -0.3 is 44.0 Å². The van der Waals surface area contributed by atoms with Crippen LogP contribution in [0.2, 0.25) is 0 Å². The summed E-state index contributed by atoms with van der Waals surface area (Å²) in [5.74, 6) is -7.36. The molecule has 0 saturated heterocycles. The number of nitrogens with two attached hydrogens (primary N) is 4. The van der Waals surface area contributed by atoms with Gasteiger partial charge in [-0.25, -0.2) is 4.79 Å². The van der Waals surface area contributed by atoms with Crippen LogP contribution in [-0.2, 0) is 33.6 Å². The van der Waals surface area contributed by atoms with Crippen LogP contribution < -0.4 is 38.9 Å². The number of nitrogens with one attached hydrogen (secondary N) is 3. The minimum absolute atomic E-state index is 0.0406. The second kappa shape index (κ2) is 13.6. The molecule has 0 radical (unpaired) electrons. The predicted octanol–water partition coefficient (Wildman–Crippen LogP) is -4.48. The van der Waals surface area contributed by atoms with Crippen LogP contribution in [0.3, 0.4) is 0 Å². The molecule has 15 heteroatoms. The number of primary amides is 3. The van der Waals surface area contributed by atoms with Gasteiger partial charge in [0.2, 0.25) is 35.4 Å². The van der Waals surface area contributed by atoms with E-state index in [1.807, 2.05) is 0 Å². The van der Waals surface area contributed by atoms with Crippen molar-refractivity contribution in [3.63, 3.8) is 0 Å². The van der Waals surface area contributed by atoms with E-state index in [4.69, 9.17) is 28.0 Å². The van der Waals surface area contributed by atoms with E-state index in [0.29, 0.717) is 0 Å². The standard InChI is InChI=1S/C18H31N7O8/c1-7(2)3-9(16(30)25-11(18(32)33)6-14(22)28)24-17(31)10(5-13(21)27)23-15(29)8(19)4-12(20)26/h7-11H,3-6,19H2,1-2H3,(H2,20,26)(H2,21,27)(H2,22,28)(H,23,29)(H,24,31)(H,25,30)(H,32,33). The quantitative estimate of drug-likeness (QED) is 0.114. The molecule has 0 heterocycles. The molecule has 0 saturated carbocycles. The van der Waals surface area contributed by atoms with Gasteiger partial charge in [0.1, 0.15) is 18.1 Å². The molecule has 0 aromatic heterocycles. The van der Waals surface area contributed by atoms with Crippen LogP contribution in [0.15, 0.2) is 0 Å². The molecule has 0 bridgehead atoms. The van der Waals surface area contributed by atoms with Gasteiger partial charge in [-0.05, 0) is 12.3 Å². The van der Waals surface area contributed by atoms with Crippen molar-refractivity contribution in [3.8, 4) is 0 Å². The normalized spacial score (nSPS) is 14.3. The first-order chi connectivity index (χ1) is 15.1. The second-order valence-corrected chi connectivity index (χ2v) is 7.77. The zero-order valence-corrected chi connectivity index (χ0v) is 18.3. The SMILES string of the molecule is CC(C)CC(NC(=O)C(CC(N)=O)NC(=O)C(N)CC(N)=O)C(=O)NC(CC(N)=O)C(=O)O. The average Bonchev–Trinajstić information content (AvgIpc) is 2.64. The highest BCUT2D eigenvalue weighted by Gasteiger charge is 2.32. The van der Waals surface area contributed by atoms with Crippen molar-refractivity contribution in [1.82, 2.24) is 16.0 Å². The third kappa shape index (κ3) is 12.0. The van der Waals surface area contributed by atoms with Gasteiger partial charge in [0.05, 0.1) is 25.3 Å². The molecule has 0 aliphatic heterocycles. The number of hydrogen-bond donors (Lipinski definition) is 8. The molecule has 0 aromatic carbocycles. The number of carboxylic acids is 1. The molecule has 4 unspecified atom stereocenters. The molecule has 12 N–H and O–H groups in total. The topological polar surface area (TPSA) is 280 Å². The molecule has 4 atom stereocenters. The van der Waals surface area contributed by atoms with E-state index in [-0.39, 0.29) is 12.3 Å². The zero-order chi connectivity index (χ0) is 25.9. The lowest BCUT2D eigenvalue weighted by atomic mass is 10.0. The molecule has 186 valence electrons.